The minimum absolute atomic E-state index is 0.0449. The van der Waals surface area contributed by atoms with Crippen LogP contribution >= 0.6 is 0 Å². The number of fused-ring (bicyclic) bond motifs is 3. The molecule has 0 unspecified atom stereocenters. The molecule has 0 fully saturated rings. The van der Waals surface area contributed by atoms with Gasteiger partial charge in [-0.1, -0.05) is 55.3 Å². The molecule has 6 heteroatoms. The summed E-state index contributed by atoms with van der Waals surface area (Å²) >= 11 is 0. The molecular weight excluding hydrogens is 412 g/mol. The lowest BCUT2D eigenvalue weighted by Crippen LogP contribution is -2.47. The number of hydrogen-bond acceptors (Lipinski definition) is 4. The zero-order valence-electron chi connectivity index (χ0n) is 18.8. The number of aryl methyl sites for hydroxylation is 1. The first-order valence-corrected chi connectivity index (χ1v) is 11.4. The molecule has 1 aliphatic rings. The van der Waals surface area contributed by atoms with Crippen molar-refractivity contribution in [2.24, 2.45) is 0 Å². The van der Waals surface area contributed by atoms with E-state index in [0.29, 0.717) is 11.7 Å². The molecule has 166 valence electrons. The maximum absolute atomic E-state index is 13.1. The predicted molar refractivity (Wildman–Crippen MR) is 127 cm³/mol. The van der Waals surface area contributed by atoms with Crippen molar-refractivity contribution in [2.45, 2.75) is 51.6 Å². The highest BCUT2D eigenvalue weighted by Crippen LogP contribution is 2.42. The van der Waals surface area contributed by atoms with Gasteiger partial charge in [-0.25, -0.2) is 0 Å². The van der Waals surface area contributed by atoms with Crippen LogP contribution in [0.25, 0.3) is 22.4 Å². The zero-order chi connectivity index (χ0) is 22.9. The van der Waals surface area contributed by atoms with E-state index in [2.05, 4.69) is 46.2 Å². The minimum Gasteiger partial charge on any atom is -0.356 e. The summed E-state index contributed by atoms with van der Waals surface area (Å²) in [6, 6.07) is 16.0. The van der Waals surface area contributed by atoms with Crippen LogP contribution in [0.15, 0.2) is 53.1 Å². The molecular formula is C27H26N4O2. The first-order chi connectivity index (χ1) is 16.1. The Kier molecular flexibility index (Phi) is 5.47. The Labute approximate surface area is 193 Å². The van der Waals surface area contributed by atoms with Gasteiger partial charge in [0.25, 0.3) is 11.8 Å². The molecule has 5 rings (SSSR count). The molecule has 2 aromatic carbocycles. The number of terminal acetylenes is 1. The SMILES string of the molecule is C#CC(=O)N1[C@@H](CCCC)Cc2c([nH]c3ccccc23)[C@@H]1c1ccc(-c2nc(C)no2)cc1. The standard InChI is InChI=1S/C27H26N4O2/c1-4-6-9-20-16-22-21-10-7-8-11-23(21)29-25(22)26(31(20)24(32)5-2)18-12-14-19(15-13-18)27-28-17(3)30-33-27/h2,7-8,10-15,20,26,29H,4,6,9,16H2,1,3H3/t20-,26-/m0/s1. The van der Waals surface area contributed by atoms with Gasteiger partial charge >= 0.3 is 0 Å². The molecule has 0 saturated heterocycles. The van der Waals surface area contributed by atoms with Crippen molar-refractivity contribution in [3.63, 3.8) is 0 Å². The van der Waals surface area contributed by atoms with E-state index in [9.17, 15) is 4.79 Å². The quantitative estimate of drug-likeness (QED) is 0.435. The molecule has 1 N–H and O–H groups in total. The van der Waals surface area contributed by atoms with Gasteiger partial charge < -0.3 is 14.4 Å². The number of benzene rings is 2. The van der Waals surface area contributed by atoms with E-state index in [0.717, 1.165) is 48.0 Å². The fourth-order valence-corrected chi connectivity index (χ4v) is 4.95. The van der Waals surface area contributed by atoms with Crippen LogP contribution in [0, 0.1) is 19.3 Å². The second-order valence-corrected chi connectivity index (χ2v) is 8.59. The number of hydrogen-bond donors (Lipinski definition) is 1. The number of para-hydroxylation sites is 1. The van der Waals surface area contributed by atoms with E-state index >= 15 is 0 Å². The number of nitrogens with zero attached hydrogens (tertiary/aromatic N) is 3. The van der Waals surface area contributed by atoms with Crippen molar-refractivity contribution in [1.82, 2.24) is 20.0 Å². The van der Waals surface area contributed by atoms with Gasteiger partial charge in [-0.3, -0.25) is 4.79 Å². The van der Waals surface area contributed by atoms with E-state index < -0.39 is 0 Å². The van der Waals surface area contributed by atoms with Gasteiger partial charge in [0.2, 0.25) is 0 Å². The normalized spacial score (nSPS) is 17.7. The average Bonchev–Trinajstić information content (AvgIpc) is 3.44. The lowest BCUT2D eigenvalue weighted by atomic mass is 9.86. The average molecular weight is 439 g/mol. The van der Waals surface area contributed by atoms with E-state index in [-0.39, 0.29) is 18.0 Å². The maximum Gasteiger partial charge on any atom is 0.299 e. The molecule has 0 bridgehead atoms. The minimum atomic E-state index is -0.287. The summed E-state index contributed by atoms with van der Waals surface area (Å²) in [5, 5.41) is 5.09. The van der Waals surface area contributed by atoms with Crippen molar-refractivity contribution in [3.05, 3.63) is 71.2 Å². The van der Waals surface area contributed by atoms with Crippen molar-refractivity contribution in [3.8, 4) is 23.8 Å². The van der Waals surface area contributed by atoms with E-state index in [1.807, 2.05) is 35.2 Å². The third kappa shape index (κ3) is 3.70. The molecule has 0 aliphatic carbocycles. The molecule has 0 saturated carbocycles. The van der Waals surface area contributed by atoms with Gasteiger partial charge in [-0.15, -0.1) is 6.42 Å². The Hall–Kier alpha value is -3.85. The van der Waals surface area contributed by atoms with Gasteiger partial charge in [-0.05, 0) is 55.0 Å². The van der Waals surface area contributed by atoms with Gasteiger partial charge in [0.05, 0.1) is 6.04 Å². The molecule has 1 aliphatic heterocycles. The molecule has 33 heavy (non-hydrogen) atoms. The molecule has 0 spiro atoms. The lowest BCUT2D eigenvalue weighted by molar-refractivity contribution is -0.130. The largest absolute Gasteiger partial charge is 0.356 e. The number of carbonyl (C=O) groups is 1. The first-order valence-electron chi connectivity index (χ1n) is 11.4. The van der Waals surface area contributed by atoms with Crippen LogP contribution in [0.5, 0.6) is 0 Å². The number of H-pyrrole nitrogens is 1. The van der Waals surface area contributed by atoms with Crippen molar-refractivity contribution in [1.29, 1.82) is 0 Å². The highest BCUT2D eigenvalue weighted by atomic mass is 16.5. The van der Waals surface area contributed by atoms with Crippen LogP contribution in [-0.2, 0) is 11.2 Å². The van der Waals surface area contributed by atoms with E-state index in [4.69, 9.17) is 10.9 Å². The van der Waals surface area contributed by atoms with Gasteiger partial charge in [0, 0.05) is 28.2 Å². The summed E-state index contributed by atoms with van der Waals surface area (Å²) in [6.07, 6.45) is 9.47. The summed E-state index contributed by atoms with van der Waals surface area (Å²) in [6.45, 7) is 3.96. The molecule has 2 atom stereocenters. The Morgan fingerprint density at radius 2 is 2.03 bits per heavy atom. The van der Waals surface area contributed by atoms with Crippen molar-refractivity contribution < 1.29 is 9.32 Å². The Balaban J connectivity index is 1.64. The number of unbranched alkanes of at least 4 members (excludes halogenated alkanes) is 1. The van der Waals surface area contributed by atoms with Crippen LogP contribution in [0.4, 0.5) is 0 Å². The molecule has 4 aromatic rings. The van der Waals surface area contributed by atoms with E-state index in [1.165, 1.54) is 10.9 Å². The number of aromatic amines is 1. The van der Waals surface area contributed by atoms with Crippen molar-refractivity contribution >= 4 is 16.8 Å². The summed E-state index contributed by atoms with van der Waals surface area (Å²) in [5.41, 5.74) is 5.22. The van der Waals surface area contributed by atoms with Crippen molar-refractivity contribution in [2.75, 3.05) is 0 Å². The summed E-state index contributed by atoms with van der Waals surface area (Å²) < 4.78 is 5.31. The first kappa shape index (κ1) is 21.0. The Morgan fingerprint density at radius 1 is 1.24 bits per heavy atom. The van der Waals surface area contributed by atoms with Crippen LogP contribution in [0.3, 0.4) is 0 Å². The second kappa shape index (κ2) is 8.59. The summed E-state index contributed by atoms with van der Waals surface area (Å²) in [5.74, 6) is 3.18. The van der Waals surface area contributed by atoms with Gasteiger partial charge in [0.15, 0.2) is 5.82 Å². The zero-order valence-corrected chi connectivity index (χ0v) is 18.8. The summed E-state index contributed by atoms with van der Waals surface area (Å²) in [7, 11) is 0. The molecule has 6 nitrogen and oxygen atoms in total. The number of nitrogens with one attached hydrogen (secondary N) is 1. The predicted octanol–water partition coefficient (Wildman–Crippen LogP) is 5.19. The topological polar surface area (TPSA) is 75.0 Å². The highest BCUT2D eigenvalue weighted by molar-refractivity contribution is 5.95. The molecule has 1 amide bonds. The van der Waals surface area contributed by atoms with Crippen LogP contribution in [0.1, 0.15) is 54.9 Å². The smallest absolute Gasteiger partial charge is 0.299 e. The Bertz CT molecular complexity index is 1340. The second-order valence-electron chi connectivity index (χ2n) is 8.59. The van der Waals surface area contributed by atoms with Crippen LogP contribution < -0.4 is 0 Å². The Morgan fingerprint density at radius 3 is 2.73 bits per heavy atom. The molecule has 0 radical (unpaired) electrons. The van der Waals surface area contributed by atoms with E-state index in [1.54, 1.807) is 6.92 Å². The number of aromatic nitrogens is 3. The van der Waals surface area contributed by atoms with Gasteiger partial charge in [-0.2, -0.15) is 4.98 Å². The molecule has 3 heterocycles. The monoisotopic (exact) mass is 438 g/mol. The number of carbonyl (C=O) groups excluding carboxylic acids is 1. The fourth-order valence-electron chi connectivity index (χ4n) is 4.95. The molecule has 2 aromatic heterocycles. The lowest BCUT2D eigenvalue weighted by Gasteiger charge is -2.41. The number of rotatable bonds is 5. The highest BCUT2D eigenvalue weighted by Gasteiger charge is 2.39. The third-order valence-electron chi connectivity index (χ3n) is 6.48. The maximum atomic E-state index is 13.1. The fraction of sp³-hybridized carbons (Fsp3) is 0.296. The van der Waals surface area contributed by atoms with Crippen LogP contribution in [-0.4, -0.2) is 32.0 Å². The van der Waals surface area contributed by atoms with Crippen LogP contribution in [0.2, 0.25) is 0 Å². The number of amides is 1. The van der Waals surface area contributed by atoms with Gasteiger partial charge in [0.1, 0.15) is 0 Å². The third-order valence-corrected chi connectivity index (χ3v) is 6.48. The summed E-state index contributed by atoms with van der Waals surface area (Å²) in [4.78, 5) is 22.9.